The first kappa shape index (κ1) is 20.1. The minimum absolute atomic E-state index is 0.00778. The zero-order chi connectivity index (χ0) is 20.1. The summed E-state index contributed by atoms with van der Waals surface area (Å²) in [5.41, 5.74) is 2.53. The van der Waals surface area contributed by atoms with Gasteiger partial charge in [-0.05, 0) is 43.2 Å². The van der Waals surface area contributed by atoms with Gasteiger partial charge < -0.3 is 14.0 Å². The lowest BCUT2D eigenvalue weighted by atomic mass is 10.0. The van der Waals surface area contributed by atoms with E-state index in [-0.39, 0.29) is 11.9 Å². The first-order valence-corrected chi connectivity index (χ1v) is 10.8. The monoisotopic (exact) mass is 412 g/mol. The lowest BCUT2D eigenvalue weighted by molar-refractivity contribution is -0.180. The predicted molar refractivity (Wildman–Crippen MR) is 112 cm³/mol. The van der Waals surface area contributed by atoms with Crippen molar-refractivity contribution < 1.29 is 13.9 Å². The highest BCUT2D eigenvalue weighted by molar-refractivity contribution is 7.99. The quantitative estimate of drug-likeness (QED) is 0.495. The molecule has 1 aromatic heterocycles. The van der Waals surface area contributed by atoms with Crippen LogP contribution < -0.4 is 0 Å². The van der Waals surface area contributed by atoms with Crippen molar-refractivity contribution in [1.82, 2.24) is 9.55 Å². The number of imidazole rings is 1. The summed E-state index contributed by atoms with van der Waals surface area (Å²) >= 11 is 1.66. The number of halogens is 1. The van der Waals surface area contributed by atoms with Crippen molar-refractivity contribution in [2.45, 2.75) is 43.1 Å². The smallest absolute Gasteiger partial charge is 0.187 e. The third-order valence-corrected chi connectivity index (χ3v) is 6.21. The molecule has 2 unspecified atom stereocenters. The number of hydrogen-bond acceptors (Lipinski definition) is 4. The number of benzene rings is 2. The topological polar surface area (TPSA) is 36.3 Å². The van der Waals surface area contributed by atoms with E-state index in [2.05, 4.69) is 36.2 Å². The standard InChI is InChI=1S/C23H25FN2O2S/c1-18-2-4-19(5-3-18)10-11-23(16-26-13-12-25-17-26)27-14-21(28-23)15-29-22-8-6-20(24)7-9-22/h2-9,12-13,17,21H,10-11,14-16H2,1H3. The molecule has 0 amide bonds. The second-order valence-corrected chi connectivity index (χ2v) is 8.54. The van der Waals surface area contributed by atoms with E-state index in [1.165, 1.54) is 23.3 Å². The Morgan fingerprint density at radius 1 is 1.17 bits per heavy atom. The van der Waals surface area contributed by atoms with Crippen LogP contribution >= 0.6 is 11.8 Å². The summed E-state index contributed by atoms with van der Waals surface area (Å²) in [6, 6.07) is 15.2. The Morgan fingerprint density at radius 3 is 2.69 bits per heavy atom. The summed E-state index contributed by atoms with van der Waals surface area (Å²) in [5.74, 6) is -0.119. The van der Waals surface area contributed by atoms with Gasteiger partial charge in [0.1, 0.15) is 5.82 Å². The minimum Gasteiger partial charge on any atom is -0.345 e. The molecule has 2 aromatic carbocycles. The summed E-state index contributed by atoms with van der Waals surface area (Å²) in [5, 5.41) is 0. The molecule has 2 atom stereocenters. The first-order chi connectivity index (χ1) is 14.1. The molecular formula is C23H25FN2O2S. The summed E-state index contributed by atoms with van der Waals surface area (Å²) in [6.45, 7) is 3.25. The number of rotatable bonds is 8. The molecule has 0 saturated carbocycles. The summed E-state index contributed by atoms with van der Waals surface area (Å²) in [4.78, 5) is 5.17. The van der Waals surface area contributed by atoms with Gasteiger partial charge in [0.2, 0.25) is 0 Å². The third-order valence-electron chi connectivity index (χ3n) is 5.06. The van der Waals surface area contributed by atoms with E-state index in [4.69, 9.17) is 9.47 Å². The second-order valence-electron chi connectivity index (χ2n) is 7.45. The number of thioether (sulfide) groups is 1. The highest BCUT2D eigenvalue weighted by Crippen LogP contribution is 2.33. The van der Waals surface area contributed by atoms with Crippen LogP contribution in [-0.4, -0.2) is 33.8 Å². The van der Waals surface area contributed by atoms with Gasteiger partial charge in [-0.3, -0.25) is 0 Å². The van der Waals surface area contributed by atoms with Crippen LogP contribution in [0.25, 0.3) is 0 Å². The van der Waals surface area contributed by atoms with Crippen LogP contribution in [0.15, 0.2) is 72.1 Å². The third kappa shape index (κ3) is 5.47. The number of hydrogen-bond donors (Lipinski definition) is 0. The fourth-order valence-electron chi connectivity index (χ4n) is 3.46. The van der Waals surface area contributed by atoms with Crippen LogP contribution in [0.2, 0.25) is 0 Å². The van der Waals surface area contributed by atoms with Crippen molar-refractivity contribution in [3.63, 3.8) is 0 Å². The van der Waals surface area contributed by atoms with E-state index < -0.39 is 5.79 Å². The number of aromatic nitrogens is 2. The molecule has 29 heavy (non-hydrogen) atoms. The summed E-state index contributed by atoms with van der Waals surface area (Å²) in [6.07, 6.45) is 7.14. The molecule has 4 nitrogen and oxygen atoms in total. The average molecular weight is 413 g/mol. The molecule has 0 bridgehead atoms. The molecule has 0 spiro atoms. The van der Waals surface area contributed by atoms with Gasteiger partial charge in [0.15, 0.2) is 5.79 Å². The van der Waals surface area contributed by atoms with Crippen molar-refractivity contribution in [3.05, 3.63) is 84.2 Å². The maximum atomic E-state index is 13.1. The maximum Gasteiger partial charge on any atom is 0.187 e. The molecule has 0 radical (unpaired) electrons. The van der Waals surface area contributed by atoms with E-state index >= 15 is 0 Å². The SMILES string of the molecule is Cc1ccc(CCC2(Cn3ccnc3)OCC(CSc3ccc(F)cc3)O2)cc1. The van der Waals surface area contributed by atoms with E-state index in [0.717, 1.165) is 23.5 Å². The van der Waals surface area contributed by atoms with Crippen LogP contribution in [0.5, 0.6) is 0 Å². The fraction of sp³-hybridized carbons (Fsp3) is 0.348. The van der Waals surface area contributed by atoms with E-state index in [9.17, 15) is 4.39 Å². The molecule has 3 aromatic rings. The largest absolute Gasteiger partial charge is 0.345 e. The zero-order valence-corrected chi connectivity index (χ0v) is 17.3. The normalized spacial score (nSPS) is 21.5. The Bertz CT molecular complexity index is 900. The zero-order valence-electron chi connectivity index (χ0n) is 16.5. The van der Waals surface area contributed by atoms with Crippen molar-refractivity contribution >= 4 is 11.8 Å². The first-order valence-electron chi connectivity index (χ1n) is 9.82. The molecule has 6 heteroatoms. The Labute approximate surface area is 175 Å². The van der Waals surface area contributed by atoms with Crippen LogP contribution in [0.3, 0.4) is 0 Å². The van der Waals surface area contributed by atoms with Crippen LogP contribution in [-0.2, 0) is 22.4 Å². The molecule has 152 valence electrons. The van der Waals surface area contributed by atoms with Gasteiger partial charge in [0.25, 0.3) is 0 Å². The van der Waals surface area contributed by atoms with Gasteiger partial charge in [0, 0.05) is 29.5 Å². The Hall–Kier alpha value is -2.15. The summed E-state index contributed by atoms with van der Waals surface area (Å²) < 4.78 is 27.8. The lowest BCUT2D eigenvalue weighted by Crippen LogP contribution is -2.37. The molecule has 1 aliphatic heterocycles. The molecule has 1 fully saturated rings. The minimum atomic E-state index is -0.667. The van der Waals surface area contributed by atoms with Crippen LogP contribution in [0.4, 0.5) is 4.39 Å². The molecule has 1 saturated heterocycles. The van der Waals surface area contributed by atoms with E-state index in [0.29, 0.717) is 13.2 Å². The van der Waals surface area contributed by atoms with Gasteiger partial charge in [-0.15, -0.1) is 11.8 Å². The highest BCUT2D eigenvalue weighted by Gasteiger charge is 2.41. The van der Waals surface area contributed by atoms with Crippen LogP contribution in [0, 0.1) is 12.7 Å². The average Bonchev–Trinajstić information content (AvgIpc) is 3.38. The Morgan fingerprint density at radius 2 is 1.97 bits per heavy atom. The number of ether oxygens (including phenoxy) is 2. The Kier molecular flexibility index (Phi) is 6.33. The van der Waals surface area contributed by atoms with Gasteiger partial charge >= 0.3 is 0 Å². The van der Waals surface area contributed by atoms with Crippen molar-refractivity contribution in [3.8, 4) is 0 Å². The van der Waals surface area contributed by atoms with Crippen molar-refractivity contribution in [2.24, 2.45) is 0 Å². The lowest BCUT2D eigenvalue weighted by Gasteiger charge is -2.28. The fourth-order valence-corrected chi connectivity index (χ4v) is 4.33. The van der Waals surface area contributed by atoms with Gasteiger partial charge in [-0.2, -0.15) is 0 Å². The molecule has 1 aliphatic rings. The van der Waals surface area contributed by atoms with Crippen molar-refractivity contribution in [1.29, 1.82) is 0 Å². The summed E-state index contributed by atoms with van der Waals surface area (Å²) in [7, 11) is 0. The van der Waals surface area contributed by atoms with Gasteiger partial charge in [-0.1, -0.05) is 29.8 Å². The van der Waals surface area contributed by atoms with Crippen LogP contribution in [0.1, 0.15) is 17.5 Å². The second kappa shape index (κ2) is 9.11. The van der Waals surface area contributed by atoms with Gasteiger partial charge in [0.05, 0.1) is 25.6 Å². The Balaban J connectivity index is 1.40. The van der Waals surface area contributed by atoms with E-state index in [1.54, 1.807) is 36.4 Å². The van der Waals surface area contributed by atoms with Gasteiger partial charge in [-0.25, -0.2) is 9.37 Å². The highest BCUT2D eigenvalue weighted by atomic mass is 32.2. The molecule has 0 N–H and O–H groups in total. The molecule has 2 heterocycles. The van der Waals surface area contributed by atoms with E-state index in [1.807, 2.05) is 10.8 Å². The number of aryl methyl sites for hydroxylation is 2. The predicted octanol–water partition coefficient (Wildman–Crippen LogP) is 4.87. The maximum absolute atomic E-state index is 13.1. The molecular weight excluding hydrogens is 387 g/mol. The molecule has 4 rings (SSSR count). The number of nitrogens with zero attached hydrogens (tertiary/aromatic N) is 2. The van der Waals surface area contributed by atoms with Crippen molar-refractivity contribution in [2.75, 3.05) is 12.4 Å². The molecule has 0 aliphatic carbocycles.